The van der Waals surface area contributed by atoms with Gasteiger partial charge in [0.2, 0.25) is 6.79 Å². The summed E-state index contributed by atoms with van der Waals surface area (Å²) in [6.45, 7) is 0.272. The van der Waals surface area contributed by atoms with E-state index in [-0.39, 0.29) is 13.0 Å². The lowest BCUT2D eigenvalue weighted by Crippen LogP contribution is -2.31. The third-order valence-corrected chi connectivity index (χ3v) is 3.67. The Morgan fingerprint density at radius 1 is 1.05 bits per heavy atom. The lowest BCUT2D eigenvalue weighted by Gasteiger charge is -2.08. The summed E-state index contributed by atoms with van der Waals surface area (Å²) in [5.74, 6) is 2.31. The molecule has 2 aromatic rings. The Bertz CT molecular complexity index is 715. The summed E-state index contributed by atoms with van der Waals surface area (Å²) in [4.78, 5) is 4.64. The van der Waals surface area contributed by atoms with Crippen LogP contribution in [-0.4, -0.2) is 12.6 Å². The smallest absolute Gasteiger partial charge is 0.231 e. The molecule has 1 atom stereocenters. The molecule has 0 radical (unpaired) electrons. The molecule has 0 spiro atoms. The molecule has 0 aromatic heterocycles. The molecule has 0 saturated heterocycles. The van der Waals surface area contributed by atoms with Gasteiger partial charge in [0.05, 0.1) is 0 Å². The van der Waals surface area contributed by atoms with E-state index >= 15 is 0 Å². The third kappa shape index (κ3) is 2.30. The molecule has 106 valence electrons. The number of hydrogen-bond donors (Lipinski definition) is 2. The Morgan fingerprint density at radius 2 is 1.86 bits per heavy atom. The zero-order valence-electron chi connectivity index (χ0n) is 11.0. The molecule has 2 aliphatic rings. The molecule has 0 amide bonds. The van der Waals surface area contributed by atoms with Gasteiger partial charge in [-0.15, -0.1) is 0 Å². The number of amidine groups is 1. The number of benzene rings is 2. The molecule has 2 aliphatic heterocycles. The van der Waals surface area contributed by atoms with Crippen molar-refractivity contribution in [2.45, 2.75) is 6.17 Å². The second kappa shape index (κ2) is 4.95. The topological polar surface area (TPSA) is 54.9 Å². The van der Waals surface area contributed by atoms with Crippen molar-refractivity contribution in [2.24, 2.45) is 4.99 Å². The van der Waals surface area contributed by atoms with Crippen molar-refractivity contribution in [3.05, 3.63) is 58.6 Å². The number of fused-ring (bicyclic) bond motifs is 1. The Morgan fingerprint density at radius 3 is 2.71 bits per heavy atom. The monoisotopic (exact) mass is 301 g/mol. The van der Waals surface area contributed by atoms with Crippen molar-refractivity contribution in [1.29, 1.82) is 0 Å². The van der Waals surface area contributed by atoms with Crippen LogP contribution in [0.2, 0.25) is 5.02 Å². The summed E-state index contributed by atoms with van der Waals surface area (Å²) in [7, 11) is 0. The summed E-state index contributed by atoms with van der Waals surface area (Å²) in [5, 5.41) is 0.706. The minimum Gasteiger partial charge on any atom is -0.454 e. The molecule has 2 heterocycles. The quantitative estimate of drug-likeness (QED) is 0.895. The number of nitrogens with zero attached hydrogens (tertiary/aromatic N) is 1. The molecule has 0 unspecified atom stereocenters. The Balaban J connectivity index is 1.61. The molecule has 0 saturated carbocycles. The van der Waals surface area contributed by atoms with Crippen LogP contribution in [0.5, 0.6) is 11.5 Å². The SMILES string of the molecule is Clc1ccc(C2=N[C@@H](c3ccc4c(c3)OCO4)NN2)cc1. The van der Waals surface area contributed by atoms with Crippen LogP contribution < -0.4 is 20.3 Å². The van der Waals surface area contributed by atoms with Crippen LogP contribution in [0.3, 0.4) is 0 Å². The first-order chi connectivity index (χ1) is 10.3. The number of ether oxygens (including phenoxy) is 2. The molecular formula is C15H12ClN3O2. The first kappa shape index (κ1) is 12.5. The van der Waals surface area contributed by atoms with Gasteiger partial charge in [0.25, 0.3) is 0 Å². The number of aliphatic imine (C=N–C) groups is 1. The average Bonchev–Trinajstić information content (AvgIpc) is 3.16. The van der Waals surface area contributed by atoms with Crippen LogP contribution in [0.1, 0.15) is 17.3 Å². The molecule has 0 bridgehead atoms. The van der Waals surface area contributed by atoms with E-state index in [1.165, 1.54) is 0 Å². The summed E-state index contributed by atoms with van der Waals surface area (Å²) in [6, 6.07) is 13.4. The Labute approximate surface area is 126 Å². The van der Waals surface area contributed by atoms with Crippen LogP contribution >= 0.6 is 11.6 Å². The number of hydrazine groups is 1. The molecule has 0 fully saturated rings. The summed E-state index contributed by atoms with van der Waals surface area (Å²) >= 11 is 5.90. The van der Waals surface area contributed by atoms with Gasteiger partial charge in [-0.1, -0.05) is 17.7 Å². The van der Waals surface area contributed by atoms with E-state index in [0.717, 1.165) is 28.5 Å². The second-order valence-electron chi connectivity index (χ2n) is 4.77. The van der Waals surface area contributed by atoms with Crippen molar-refractivity contribution >= 4 is 17.4 Å². The maximum Gasteiger partial charge on any atom is 0.231 e. The van der Waals surface area contributed by atoms with Gasteiger partial charge in [-0.05, 0) is 42.0 Å². The fourth-order valence-electron chi connectivity index (χ4n) is 2.33. The molecule has 21 heavy (non-hydrogen) atoms. The number of halogens is 1. The lowest BCUT2D eigenvalue weighted by atomic mass is 10.1. The molecule has 2 aromatic carbocycles. The Kier molecular flexibility index (Phi) is 2.94. The molecular weight excluding hydrogens is 290 g/mol. The van der Waals surface area contributed by atoms with Gasteiger partial charge < -0.3 is 14.9 Å². The van der Waals surface area contributed by atoms with Crippen LogP contribution in [0.15, 0.2) is 47.5 Å². The van der Waals surface area contributed by atoms with Crippen molar-refractivity contribution in [3.63, 3.8) is 0 Å². The highest BCUT2D eigenvalue weighted by atomic mass is 35.5. The van der Waals surface area contributed by atoms with Crippen molar-refractivity contribution < 1.29 is 9.47 Å². The zero-order valence-corrected chi connectivity index (χ0v) is 11.7. The van der Waals surface area contributed by atoms with Gasteiger partial charge in [0, 0.05) is 10.6 Å². The van der Waals surface area contributed by atoms with E-state index in [2.05, 4.69) is 15.8 Å². The third-order valence-electron chi connectivity index (χ3n) is 3.42. The molecule has 6 heteroatoms. The highest BCUT2D eigenvalue weighted by Crippen LogP contribution is 2.34. The van der Waals surface area contributed by atoms with Crippen molar-refractivity contribution in [2.75, 3.05) is 6.79 Å². The van der Waals surface area contributed by atoms with E-state index in [1.807, 2.05) is 42.5 Å². The number of hydrogen-bond acceptors (Lipinski definition) is 5. The van der Waals surface area contributed by atoms with Gasteiger partial charge in [0.1, 0.15) is 12.0 Å². The first-order valence-electron chi connectivity index (χ1n) is 6.54. The second-order valence-corrected chi connectivity index (χ2v) is 5.21. The molecule has 2 N–H and O–H groups in total. The van der Waals surface area contributed by atoms with Crippen LogP contribution in [0, 0.1) is 0 Å². The highest BCUT2D eigenvalue weighted by Gasteiger charge is 2.22. The van der Waals surface area contributed by atoms with Crippen LogP contribution in [-0.2, 0) is 0 Å². The first-order valence-corrected chi connectivity index (χ1v) is 6.92. The fraction of sp³-hybridized carbons (Fsp3) is 0.133. The number of nitrogens with one attached hydrogen (secondary N) is 2. The predicted octanol–water partition coefficient (Wildman–Crippen LogP) is 2.62. The van der Waals surface area contributed by atoms with Gasteiger partial charge in [-0.25, -0.2) is 10.4 Å². The lowest BCUT2D eigenvalue weighted by molar-refractivity contribution is 0.174. The summed E-state index contributed by atoms with van der Waals surface area (Å²) in [6.07, 6.45) is -0.162. The molecule has 5 nitrogen and oxygen atoms in total. The summed E-state index contributed by atoms with van der Waals surface area (Å²) < 4.78 is 10.7. The van der Waals surface area contributed by atoms with E-state index in [0.29, 0.717) is 5.02 Å². The van der Waals surface area contributed by atoms with Gasteiger partial charge in [-0.2, -0.15) is 0 Å². The standard InChI is InChI=1S/C15H12ClN3O2/c16-11-4-1-9(2-5-11)14-17-15(19-18-14)10-3-6-12-13(7-10)21-8-20-12/h1-7,15,19H,8H2,(H,17,18)/t15-/m1/s1. The maximum absolute atomic E-state index is 5.90. The minimum absolute atomic E-state index is 0.162. The maximum atomic E-state index is 5.90. The number of rotatable bonds is 2. The van der Waals surface area contributed by atoms with E-state index in [9.17, 15) is 0 Å². The van der Waals surface area contributed by atoms with Crippen molar-refractivity contribution in [3.8, 4) is 11.5 Å². The average molecular weight is 302 g/mol. The van der Waals surface area contributed by atoms with E-state index in [1.54, 1.807) is 0 Å². The molecule has 0 aliphatic carbocycles. The predicted molar refractivity (Wildman–Crippen MR) is 79.6 cm³/mol. The normalized spacial score (nSPS) is 19.3. The van der Waals surface area contributed by atoms with Gasteiger partial charge in [-0.3, -0.25) is 0 Å². The van der Waals surface area contributed by atoms with Gasteiger partial charge in [0.15, 0.2) is 11.5 Å². The van der Waals surface area contributed by atoms with Crippen LogP contribution in [0.25, 0.3) is 0 Å². The van der Waals surface area contributed by atoms with Gasteiger partial charge >= 0.3 is 0 Å². The fourth-order valence-corrected chi connectivity index (χ4v) is 2.45. The van der Waals surface area contributed by atoms with E-state index in [4.69, 9.17) is 21.1 Å². The summed E-state index contributed by atoms with van der Waals surface area (Å²) in [5.41, 5.74) is 8.23. The van der Waals surface area contributed by atoms with Crippen LogP contribution in [0.4, 0.5) is 0 Å². The minimum atomic E-state index is -0.162. The largest absolute Gasteiger partial charge is 0.454 e. The molecule has 4 rings (SSSR count). The Hall–Kier alpha value is -2.24. The van der Waals surface area contributed by atoms with E-state index < -0.39 is 0 Å². The van der Waals surface area contributed by atoms with Crippen molar-refractivity contribution in [1.82, 2.24) is 10.9 Å². The zero-order chi connectivity index (χ0) is 14.2. The highest BCUT2D eigenvalue weighted by molar-refractivity contribution is 6.30.